The van der Waals surface area contributed by atoms with E-state index in [0.29, 0.717) is 12.8 Å². The molecule has 0 aliphatic carbocycles. The fourth-order valence-electron chi connectivity index (χ4n) is 1.55. The lowest BCUT2D eigenvalue weighted by molar-refractivity contribution is 0.0377. The maximum Gasteiger partial charge on any atom is 0.240 e. The number of anilines is 1. The first-order chi connectivity index (χ1) is 8.72. The van der Waals surface area contributed by atoms with E-state index in [1.807, 2.05) is 0 Å². The van der Waals surface area contributed by atoms with Crippen LogP contribution in [0.1, 0.15) is 26.7 Å². The molecule has 1 aromatic carbocycles. The van der Waals surface area contributed by atoms with Crippen molar-refractivity contribution in [1.29, 1.82) is 0 Å². The second-order valence-corrected chi connectivity index (χ2v) is 6.24. The number of halogens is 1. The summed E-state index contributed by atoms with van der Waals surface area (Å²) in [5, 5.41) is 10.0. The van der Waals surface area contributed by atoms with Crippen LogP contribution in [0.5, 0.6) is 0 Å². The predicted molar refractivity (Wildman–Crippen MR) is 71.5 cm³/mol. The number of hydrogen-bond donors (Lipinski definition) is 3. The molecular weight excluding hydrogens is 271 g/mol. The van der Waals surface area contributed by atoms with E-state index in [2.05, 4.69) is 4.72 Å². The standard InChI is InChI=1S/C12H19FN2O3S/c1-3-12(16,4-2)8-15-19(17,18)11-6-9(13)5-10(14)7-11/h5-7,15-16H,3-4,8,14H2,1-2H3. The zero-order chi connectivity index (χ0) is 14.7. The fraction of sp³-hybridized carbons (Fsp3) is 0.500. The molecule has 0 radical (unpaired) electrons. The van der Waals surface area contributed by atoms with Gasteiger partial charge in [0.05, 0.1) is 10.5 Å². The highest BCUT2D eigenvalue weighted by atomic mass is 32.2. The van der Waals surface area contributed by atoms with Crippen molar-refractivity contribution in [1.82, 2.24) is 4.72 Å². The Kier molecular flexibility index (Phi) is 4.89. The van der Waals surface area contributed by atoms with Crippen molar-refractivity contribution in [2.45, 2.75) is 37.2 Å². The van der Waals surface area contributed by atoms with E-state index in [0.717, 1.165) is 12.1 Å². The van der Waals surface area contributed by atoms with Gasteiger partial charge in [0.15, 0.2) is 0 Å². The van der Waals surface area contributed by atoms with E-state index in [1.165, 1.54) is 6.07 Å². The lowest BCUT2D eigenvalue weighted by Crippen LogP contribution is -2.42. The molecule has 5 nitrogen and oxygen atoms in total. The van der Waals surface area contributed by atoms with Crippen LogP contribution in [0.3, 0.4) is 0 Å². The third-order valence-electron chi connectivity index (χ3n) is 3.11. The minimum Gasteiger partial charge on any atom is -0.399 e. The molecule has 0 amide bonds. The van der Waals surface area contributed by atoms with Gasteiger partial charge in [0, 0.05) is 12.2 Å². The lowest BCUT2D eigenvalue weighted by atomic mass is 9.98. The average Bonchev–Trinajstić information content (AvgIpc) is 2.35. The lowest BCUT2D eigenvalue weighted by Gasteiger charge is -2.25. The number of benzene rings is 1. The molecule has 0 aliphatic rings. The van der Waals surface area contributed by atoms with Crippen LogP contribution in [0.4, 0.5) is 10.1 Å². The van der Waals surface area contributed by atoms with Crippen LogP contribution in [0.25, 0.3) is 0 Å². The zero-order valence-corrected chi connectivity index (χ0v) is 11.8. The van der Waals surface area contributed by atoms with Crippen molar-refractivity contribution in [3.05, 3.63) is 24.0 Å². The number of sulfonamides is 1. The molecule has 0 saturated carbocycles. The van der Waals surface area contributed by atoms with Crippen LogP contribution >= 0.6 is 0 Å². The number of hydrogen-bond acceptors (Lipinski definition) is 4. The molecule has 0 atom stereocenters. The molecule has 0 spiro atoms. The molecule has 19 heavy (non-hydrogen) atoms. The summed E-state index contributed by atoms with van der Waals surface area (Å²) in [7, 11) is -3.89. The average molecular weight is 290 g/mol. The van der Waals surface area contributed by atoms with Crippen molar-refractivity contribution in [2.75, 3.05) is 12.3 Å². The van der Waals surface area contributed by atoms with Gasteiger partial charge in [-0.3, -0.25) is 0 Å². The molecule has 0 aromatic heterocycles. The van der Waals surface area contributed by atoms with Crippen molar-refractivity contribution >= 4 is 15.7 Å². The summed E-state index contributed by atoms with van der Waals surface area (Å²) < 4.78 is 39.4. The van der Waals surface area contributed by atoms with Crippen molar-refractivity contribution < 1.29 is 17.9 Å². The zero-order valence-electron chi connectivity index (χ0n) is 11.0. The first kappa shape index (κ1) is 15.9. The van der Waals surface area contributed by atoms with Gasteiger partial charge in [0.2, 0.25) is 10.0 Å². The van der Waals surface area contributed by atoms with Crippen LogP contribution in [0, 0.1) is 5.82 Å². The third-order valence-corrected chi connectivity index (χ3v) is 4.49. The van der Waals surface area contributed by atoms with Gasteiger partial charge in [-0.15, -0.1) is 0 Å². The van der Waals surface area contributed by atoms with Gasteiger partial charge in [-0.1, -0.05) is 13.8 Å². The van der Waals surface area contributed by atoms with Crippen molar-refractivity contribution in [2.24, 2.45) is 0 Å². The van der Waals surface area contributed by atoms with Crippen LogP contribution in [0.15, 0.2) is 23.1 Å². The highest BCUT2D eigenvalue weighted by molar-refractivity contribution is 7.89. The van der Waals surface area contributed by atoms with Gasteiger partial charge >= 0.3 is 0 Å². The summed E-state index contributed by atoms with van der Waals surface area (Å²) in [6.45, 7) is 3.40. The minimum atomic E-state index is -3.89. The highest BCUT2D eigenvalue weighted by Gasteiger charge is 2.25. The van der Waals surface area contributed by atoms with Gasteiger partial charge in [-0.05, 0) is 31.0 Å². The van der Waals surface area contributed by atoms with E-state index in [9.17, 15) is 17.9 Å². The Morgan fingerprint density at radius 3 is 2.37 bits per heavy atom. The summed E-state index contributed by atoms with van der Waals surface area (Å²) >= 11 is 0. The fourth-order valence-corrected chi connectivity index (χ4v) is 2.74. The smallest absolute Gasteiger partial charge is 0.240 e. The summed E-state index contributed by atoms with van der Waals surface area (Å²) in [4.78, 5) is -0.250. The molecule has 0 fully saturated rings. The monoisotopic (exact) mass is 290 g/mol. The van der Waals surface area contributed by atoms with Crippen LogP contribution in [-0.4, -0.2) is 25.7 Å². The van der Waals surface area contributed by atoms with Crippen molar-refractivity contribution in [3.8, 4) is 0 Å². The first-order valence-electron chi connectivity index (χ1n) is 6.00. The third kappa shape index (κ3) is 4.15. The van der Waals surface area contributed by atoms with E-state index in [4.69, 9.17) is 5.73 Å². The number of aliphatic hydroxyl groups is 1. The molecule has 108 valence electrons. The number of nitrogens with two attached hydrogens (primary N) is 1. The van der Waals surface area contributed by atoms with E-state index in [1.54, 1.807) is 13.8 Å². The Hall–Kier alpha value is -1.18. The molecule has 7 heteroatoms. The topological polar surface area (TPSA) is 92.4 Å². The second-order valence-electron chi connectivity index (χ2n) is 4.48. The molecule has 0 heterocycles. The number of nitrogens with one attached hydrogen (secondary N) is 1. The molecule has 0 bridgehead atoms. The molecule has 0 saturated heterocycles. The molecule has 0 aliphatic heterocycles. The maximum absolute atomic E-state index is 13.1. The van der Waals surface area contributed by atoms with Gasteiger partial charge in [0.25, 0.3) is 0 Å². The number of rotatable bonds is 6. The van der Waals surface area contributed by atoms with Crippen LogP contribution < -0.4 is 10.5 Å². The Morgan fingerprint density at radius 2 is 1.89 bits per heavy atom. The normalized spacial score (nSPS) is 12.6. The van der Waals surface area contributed by atoms with Crippen molar-refractivity contribution in [3.63, 3.8) is 0 Å². The molecular formula is C12H19FN2O3S. The maximum atomic E-state index is 13.1. The Labute approximate surface area is 112 Å². The Balaban J connectivity index is 2.93. The largest absolute Gasteiger partial charge is 0.399 e. The van der Waals surface area contributed by atoms with Crippen LogP contribution in [0.2, 0.25) is 0 Å². The summed E-state index contributed by atoms with van der Waals surface area (Å²) in [5.74, 6) is -0.721. The van der Waals surface area contributed by atoms with Gasteiger partial charge in [0.1, 0.15) is 5.82 Å². The van der Waals surface area contributed by atoms with E-state index >= 15 is 0 Å². The van der Waals surface area contributed by atoms with Crippen LogP contribution in [-0.2, 0) is 10.0 Å². The molecule has 1 aromatic rings. The SMILES string of the molecule is CCC(O)(CC)CNS(=O)(=O)c1cc(N)cc(F)c1. The van der Waals surface area contributed by atoms with Gasteiger partial charge in [-0.25, -0.2) is 17.5 Å². The van der Waals surface area contributed by atoms with Gasteiger partial charge in [-0.2, -0.15) is 0 Å². The Bertz CT molecular complexity index is 522. The summed E-state index contributed by atoms with van der Waals surface area (Å²) in [6.07, 6.45) is 0.828. The quantitative estimate of drug-likeness (QED) is 0.687. The van der Waals surface area contributed by atoms with Gasteiger partial charge < -0.3 is 10.8 Å². The Morgan fingerprint density at radius 1 is 1.32 bits per heavy atom. The highest BCUT2D eigenvalue weighted by Crippen LogP contribution is 2.18. The molecule has 1 rings (SSSR count). The molecule has 4 N–H and O–H groups in total. The van der Waals surface area contributed by atoms with E-state index < -0.39 is 21.4 Å². The summed E-state index contributed by atoms with van der Waals surface area (Å²) in [6, 6.07) is 3.09. The number of nitrogen functional groups attached to an aromatic ring is 1. The second kappa shape index (κ2) is 5.85. The minimum absolute atomic E-state index is 0.0293. The first-order valence-corrected chi connectivity index (χ1v) is 7.49. The predicted octanol–water partition coefficient (Wildman–Crippen LogP) is 1.24. The van der Waals surface area contributed by atoms with E-state index in [-0.39, 0.29) is 17.1 Å². The molecule has 0 unspecified atom stereocenters. The summed E-state index contributed by atoms with van der Waals surface area (Å²) in [5.41, 5.74) is 4.33.